The van der Waals surface area contributed by atoms with Gasteiger partial charge < -0.3 is 9.13 Å². The highest BCUT2D eigenvalue weighted by molar-refractivity contribution is 6.10. The summed E-state index contributed by atoms with van der Waals surface area (Å²) in [4.78, 5) is 9.23. The average molecular weight is 437 g/mol. The fourth-order valence-electron chi connectivity index (χ4n) is 5.02. The Morgan fingerprint density at radius 1 is 0.618 bits per heavy atom. The molecule has 0 spiro atoms. The van der Waals surface area contributed by atoms with Gasteiger partial charge in [0.15, 0.2) is 0 Å². The summed E-state index contributed by atoms with van der Waals surface area (Å²) >= 11 is 0. The molecule has 3 aromatic carbocycles. The van der Waals surface area contributed by atoms with Gasteiger partial charge in [-0.1, -0.05) is 60.7 Å². The normalized spacial score (nSPS) is 11.5. The Balaban J connectivity index is 1.65. The topological polar surface area (TPSA) is 35.6 Å². The number of rotatable bonds is 3. The van der Waals surface area contributed by atoms with Gasteiger partial charge in [-0.3, -0.25) is 9.97 Å². The van der Waals surface area contributed by atoms with Crippen molar-refractivity contribution in [1.82, 2.24) is 19.1 Å². The van der Waals surface area contributed by atoms with Crippen LogP contribution in [0, 0.1) is 0 Å². The molecule has 0 aliphatic rings. The first-order valence-corrected chi connectivity index (χ1v) is 11.3. The van der Waals surface area contributed by atoms with Gasteiger partial charge in [0.2, 0.25) is 0 Å². The Hall–Kier alpha value is -4.70. The molecule has 4 nitrogen and oxygen atoms in total. The first-order chi connectivity index (χ1) is 16.9. The number of nitrogens with zero attached hydrogens (tertiary/aromatic N) is 4. The van der Waals surface area contributed by atoms with Gasteiger partial charge in [-0.05, 0) is 36.4 Å². The van der Waals surface area contributed by atoms with Crippen molar-refractivity contribution in [1.29, 1.82) is 0 Å². The second kappa shape index (κ2) is 7.42. The number of hydrogen-bond donors (Lipinski definition) is 0. The number of fused-ring (bicyclic) bond motifs is 4. The van der Waals surface area contributed by atoms with Crippen molar-refractivity contribution < 1.29 is 0 Å². The zero-order valence-electron chi connectivity index (χ0n) is 18.3. The minimum atomic E-state index is 0.955. The smallest absolute Gasteiger partial charge is 0.0985 e. The first kappa shape index (κ1) is 18.8. The molecule has 4 aromatic heterocycles. The largest absolute Gasteiger partial charge is 0.313 e. The van der Waals surface area contributed by atoms with Crippen LogP contribution in [-0.4, -0.2) is 19.1 Å². The quantitative estimate of drug-likeness (QED) is 0.294. The van der Waals surface area contributed by atoms with Gasteiger partial charge in [-0.2, -0.15) is 0 Å². The highest BCUT2D eigenvalue weighted by Gasteiger charge is 2.20. The summed E-state index contributed by atoms with van der Waals surface area (Å²) in [5.41, 5.74) is 8.69. The Morgan fingerprint density at radius 2 is 1.32 bits per heavy atom. The van der Waals surface area contributed by atoms with Crippen LogP contribution in [0.1, 0.15) is 0 Å². The Kier molecular flexibility index (Phi) is 4.11. The standard InChI is InChI=1S/C30H20N4/c1-2-10-22(11-3-1)33-20-25(21-9-8-17-31-19-21)29-30(33)28(16-18-32-29)34-26-14-6-4-12-23(26)24-13-5-7-15-27(24)34/h1-20H. The lowest BCUT2D eigenvalue weighted by Crippen LogP contribution is -2.00. The molecule has 34 heavy (non-hydrogen) atoms. The molecule has 7 aromatic rings. The van der Waals surface area contributed by atoms with Gasteiger partial charge in [0.05, 0.1) is 27.8 Å². The molecule has 4 heterocycles. The molecule has 0 saturated heterocycles. The predicted molar refractivity (Wildman–Crippen MR) is 139 cm³/mol. The maximum atomic E-state index is 4.87. The van der Waals surface area contributed by atoms with E-state index in [0.29, 0.717) is 0 Å². The number of aromatic nitrogens is 4. The van der Waals surface area contributed by atoms with Crippen LogP contribution in [-0.2, 0) is 0 Å². The molecule has 0 atom stereocenters. The first-order valence-electron chi connectivity index (χ1n) is 11.3. The molecule has 0 aliphatic heterocycles. The summed E-state index contributed by atoms with van der Waals surface area (Å²) in [6.45, 7) is 0. The molecule has 0 unspecified atom stereocenters. The predicted octanol–water partition coefficient (Wildman–Crippen LogP) is 7.18. The highest BCUT2D eigenvalue weighted by Crippen LogP contribution is 2.38. The highest BCUT2D eigenvalue weighted by atomic mass is 15.1. The van der Waals surface area contributed by atoms with Crippen molar-refractivity contribution in [3.05, 3.63) is 122 Å². The maximum Gasteiger partial charge on any atom is 0.0985 e. The second-order valence-corrected chi connectivity index (χ2v) is 8.39. The monoisotopic (exact) mass is 436 g/mol. The average Bonchev–Trinajstić information content (AvgIpc) is 3.46. The van der Waals surface area contributed by atoms with Crippen LogP contribution in [0.3, 0.4) is 0 Å². The molecule has 7 rings (SSSR count). The van der Waals surface area contributed by atoms with E-state index in [1.807, 2.05) is 24.5 Å². The van der Waals surface area contributed by atoms with E-state index in [1.54, 1.807) is 6.20 Å². The summed E-state index contributed by atoms with van der Waals surface area (Å²) in [7, 11) is 0. The fourth-order valence-corrected chi connectivity index (χ4v) is 5.02. The van der Waals surface area contributed by atoms with Gasteiger partial charge in [-0.25, -0.2) is 0 Å². The molecule has 160 valence electrons. The van der Waals surface area contributed by atoms with E-state index in [2.05, 4.69) is 105 Å². The lowest BCUT2D eigenvalue weighted by molar-refractivity contribution is 1.09. The van der Waals surface area contributed by atoms with Crippen LogP contribution in [0.5, 0.6) is 0 Å². The Morgan fingerprint density at radius 3 is 2.03 bits per heavy atom. The maximum absolute atomic E-state index is 4.87. The lowest BCUT2D eigenvalue weighted by Gasteiger charge is -2.13. The molecule has 0 saturated carbocycles. The minimum absolute atomic E-state index is 0.955. The third-order valence-corrected chi connectivity index (χ3v) is 6.49. The van der Waals surface area contributed by atoms with Gasteiger partial charge in [-0.15, -0.1) is 0 Å². The van der Waals surface area contributed by atoms with Crippen LogP contribution >= 0.6 is 0 Å². The van der Waals surface area contributed by atoms with E-state index in [-0.39, 0.29) is 0 Å². The van der Waals surface area contributed by atoms with Gasteiger partial charge in [0.1, 0.15) is 0 Å². The van der Waals surface area contributed by atoms with Crippen LogP contribution in [0.2, 0.25) is 0 Å². The summed E-state index contributed by atoms with van der Waals surface area (Å²) in [5, 5.41) is 2.49. The van der Waals surface area contributed by atoms with Crippen LogP contribution in [0.15, 0.2) is 122 Å². The molecule has 0 N–H and O–H groups in total. The third-order valence-electron chi connectivity index (χ3n) is 6.49. The van der Waals surface area contributed by atoms with E-state index in [0.717, 1.165) is 33.5 Å². The Labute approximate surface area is 196 Å². The molecule has 0 aliphatic carbocycles. The van der Waals surface area contributed by atoms with E-state index >= 15 is 0 Å². The summed E-state index contributed by atoms with van der Waals surface area (Å²) in [5.74, 6) is 0. The van der Waals surface area contributed by atoms with Crippen LogP contribution in [0.4, 0.5) is 0 Å². The van der Waals surface area contributed by atoms with Crippen molar-refractivity contribution in [2.45, 2.75) is 0 Å². The van der Waals surface area contributed by atoms with E-state index < -0.39 is 0 Å². The van der Waals surface area contributed by atoms with Crippen molar-refractivity contribution in [3.63, 3.8) is 0 Å². The van der Waals surface area contributed by atoms with E-state index in [9.17, 15) is 0 Å². The molecule has 0 radical (unpaired) electrons. The van der Waals surface area contributed by atoms with Gasteiger partial charge in [0.25, 0.3) is 0 Å². The molecular weight excluding hydrogens is 416 g/mol. The number of hydrogen-bond acceptors (Lipinski definition) is 2. The number of para-hydroxylation sites is 3. The number of benzene rings is 3. The molecule has 0 amide bonds. The molecule has 0 fully saturated rings. The van der Waals surface area contributed by atoms with Crippen LogP contribution < -0.4 is 0 Å². The minimum Gasteiger partial charge on any atom is -0.313 e. The fraction of sp³-hybridized carbons (Fsp3) is 0. The van der Waals surface area contributed by atoms with E-state index in [4.69, 9.17) is 4.98 Å². The van der Waals surface area contributed by atoms with Crippen molar-refractivity contribution >= 4 is 32.8 Å². The zero-order valence-corrected chi connectivity index (χ0v) is 18.3. The molecule has 4 heteroatoms. The summed E-state index contributed by atoms with van der Waals surface area (Å²) in [6.07, 6.45) is 7.80. The Bertz CT molecular complexity index is 1740. The number of pyridine rings is 2. The summed E-state index contributed by atoms with van der Waals surface area (Å²) < 4.78 is 4.62. The third kappa shape index (κ3) is 2.72. The van der Waals surface area contributed by atoms with E-state index in [1.165, 1.54) is 21.8 Å². The van der Waals surface area contributed by atoms with Crippen molar-refractivity contribution in [3.8, 4) is 22.5 Å². The van der Waals surface area contributed by atoms with Crippen molar-refractivity contribution in [2.75, 3.05) is 0 Å². The zero-order chi connectivity index (χ0) is 22.5. The molecular formula is C30H20N4. The molecule has 0 bridgehead atoms. The lowest BCUT2D eigenvalue weighted by atomic mass is 10.1. The van der Waals surface area contributed by atoms with Gasteiger partial charge in [0, 0.05) is 52.4 Å². The SMILES string of the molecule is c1ccc(-n2cc(-c3cccnc3)c3nccc(-n4c5ccccc5c5ccccc54)c32)cc1. The summed E-state index contributed by atoms with van der Waals surface area (Å²) in [6, 6.07) is 33.8. The second-order valence-electron chi connectivity index (χ2n) is 8.39. The van der Waals surface area contributed by atoms with Crippen LogP contribution in [0.25, 0.3) is 55.3 Å². The van der Waals surface area contributed by atoms with Gasteiger partial charge >= 0.3 is 0 Å². The van der Waals surface area contributed by atoms with Crippen molar-refractivity contribution in [2.24, 2.45) is 0 Å².